The minimum absolute atomic E-state index is 0.0168. The molecule has 0 amide bonds. The highest BCUT2D eigenvalue weighted by molar-refractivity contribution is 6.01. The Labute approximate surface area is 196 Å². The quantitative estimate of drug-likeness (QED) is 0.249. The number of Topliss-reactive ketones (excluding diaryl/α,β-unsaturated/α-hetero) is 1. The molecule has 33 heavy (non-hydrogen) atoms. The van der Waals surface area contributed by atoms with Gasteiger partial charge in [-0.1, -0.05) is 31.6 Å². The first-order valence-corrected chi connectivity index (χ1v) is 12.0. The molecule has 180 valence electrons. The Hall–Kier alpha value is -2.05. The number of ether oxygens (including phenoxy) is 3. The second-order valence-electron chi connectivity index (χ2n) is 10.8. The van der Waals surface area contributed by atoms with Crippen LogP contribution in [0.25, 0.3) is 0 Å². The lowest BCUT2D eigenvalue weighted by atomic mass is 9.50. The predicted molar refractivity (Wildman–Crippen MR) is 123 cm³/mol. The van der Waals surface area contributed by atoms with Crippen LogP contribution in [0.5, 0.6) is 0 Å². The monoisotopic (exact) mass is 456 g/mol. The van der Waals surface area contributed by atoms with Crippen molar-refractivity contribution in [2.45, 2.75) is 47.0 Å². The van der Waals surface area contributed by atoms with Crippen LogP contribution in [0.15, 0.2) is 35.5 Å². The number of hydrogen-bond donors (Lipinski definition) is 0. The van der Waals surface area contributed by atoms with E-state index in [1.807, 2.05) is 6.08 Å². The number of hydrogen-bond acceptors (Lipinski definition) is 6. The van der Waals surface area contributed by atoms with Gasteiger partial charge in [0.2, 0.25) is 0 Å². The summed E-state index contributed by atoms with van der Waals surface area (Å²) in [4.78, 5) is 36.9. The maximum atomic E-state index is 13.4. The largest absolute Gasteiger partial charge is 0.458 e. The highest BCUT2D eigenvalue weighted by Crippen LogP contribution is 2.66. The topological polar surface area (TPSA) is 78.9 Å². The van der Waals surface area contributed by atoms with Crippen molar-refractivity contribution in [3.63, 3.8) is 0 Å². The van der Waals surface area contributed by atoms with E-state index < -0.39 is 5.97 Å². The third-order valence-electron chi connectivity index (χ3n) is 8.75. The molecule has 0 unspecified atom stereocenters. The summed E-state index contributed by atoms with van der Waals surface area (Å²) >= 11 is 0. The minimum atomic E-state index is -0.437. The van der Waals surface area contributed by atoms with Gasteiger partial charge in [0.05, 0.1) is 6.61 Å². The third-order valence-corrected chi connectivity index (χ3v) is 8.75. The molecule has 4 aliphatic carbocycles. The maximum Gasteiger partial charge on any atom is 0.303 e. The van der Waals surface area contributed by atoms with Crippen molar-refractivity contribution in [2.24, 2.45) is 40.4 Å². The van der Waals surface area contributed by atoms with Crippen LogP contribution >= 0.6 is 0 Å². The van der Waals surface area contributed by atoms with Gasteiger partial charge in [-0.3, -0.25) is 14.4 Å². The van der Waals surface area contributed by atoms with Gasteiger partial charge in [0, 0.05) is 25.4 Å². The Morgan fingerprint density at radius 1 is 1.18 bits per heavy atom. The van der Waals surface area contributed by atoms with Gasteiger partial charge in [-0.05, 0) is 73.0 Å². The van der Waals surface area contributed by atoms with Crippen LogP contribution in [0.4, 0.5) is 0 Å². The zero-order chi connectivity index (χ0) is 24.0. The number of carbonyl (C=O) groups excluding carboxylic acids is 3. The number of carbonyl (C=O) groups is 3. The molecule has 0 aromatic carbocycles. The fourth-order valence-corrected chi connectivity index (χ4v) is 7.45. The van der Waals surface area contributed by atoms with Crippen LogP contribution in [0.3, 0.4) is 0 Å². The van der Waals surface area contributed by atoms with Gasteiger partial charge in [0.15, 0.2) is 11.6 Å². The molecule has 4 aliphatic rings. The fourth-order valence-electron chi connectivity index (χ4n) is 7.45. The first-order valence-electron chi connectivity index (χ1n) is 12.0. The molecular weight excluding hydrogens is 420 g/mol. The number of allylic oxidation sites excluding steroid dienone is 6. The molecule has 0 aromatic rings. The van der Waals surface area contributed by atoms with E-state index in [0.29, 0.717) is 24.4 Å². The summed E-state index contributed by atoms with van der Waals surface area (Å²) in [5.74, 6) is 0.398. The molecule has 0 heterocycles. The van der Waals surface area contributed by atoms with Crippen molar-refractivity contribution in [3.8, 4) is 0 Å². The minimum Gasteiger partial charge on any atom is -0.458 e. The van der Waals surface area contributed by atoms with Crippen molar-refractivity contribution in [3.05, 3.63) is 35.5 Å². The molecule has 6 heteroatoms. The van der Waals surface area contributed by atoms with Crippen molar-refractivity contribution in [1.29, 1.82) is 0 Å². The normalized spacial score (nSPS) is 39.2. The van der Waals surface area contributed by atoms with Crippen molar-refractivity contribution in [2.75, 3.05) is 27.1 Å². The number of esters is 1. The average molecular weight is 457 g/mol. The fraction of sp³-hybridized carbons (Fsp3) is 0.667. The van der Waals surface area contributed by atoms with Crippen molar-refractivity contribution in [1.82, 2.24) is 0 Å². The smallest absolute Gasteiger partial charge is 0.303 e. The van der Waals surface area contributed by atoms with Crippen LogP contribution < -0.4 is 0 Å². The van der Waals surface area contributed by atoms with Crippen LogP contribution in [-0.2, 0) is 28.6 Å². The lowest BCUT2D eigenvalue weighted by molar-refractivity contribution is -0.149. The van der Waals surface area contributed by atoms with E-state index in [1.165, 1.54) is 18.1 Å². The highest BCUT2D eigenvalue weighted by Gasteiger charge is 2.60. The summed E-state index contributed by atoms with van der Waals surface area (Å²) in [6, 6.07) is 0. The highest BCUT2D eigenvalue weighted by atomic mass is 16.7. The number of ketones is 2. The zero-order valence-electron chi connectivity index (χ0n) is 20.4. The molecule has 0 bridgehead atoms. The van der Waals surface area contributed by atoms with E-state index in [4.69, 9.17) is 14.2 Å². The molecule has 6 nitrogen and oxygen atoms in total. The van der Waals surface area contributed by atoms with Crippen molar-refractivity contribution >= 4 is 17.5 Å². The van der Waals surface area contributed by atoms with Gasteiger partial charge in [0.25, 0.3) is 0 Å². The molecule has 4 rings (SSSR count). The van der Waals surface area contributed by atoms with Gasteiger partial charge < -0.3 is 14.2 Å². The summed E-state index contributed by atoms with van der Waals surface area (Å²) in [6.07, 6.45) is 10.6. The number of methoxy groups -OCH3 is 1. The lowest BCUT2D eigenvalue weighted by Gasteiger charge is -2.54. The standard InChI is InChI=1S/C27H36O6/c1-16-10-20-21(26(3)8-6-19(29)12-22(16)26)7-9-27(4)23(20)11-18(13-32-15-31-5)25(27)24(30)14-33-17(2)28/h6-8,12,16,18,20,23,25H,9-11,13-15H2,1-5H3/t16-,18+,20+,23-,25+,26+,27-/m0/s1. The summed E-state index contributed by atoms with van der Waals surface area (Å²) < 4.78 is 15.9. The van der Waals surface area contributed by atoms with E-state index in [-0.39, 0.29) is 47.6 Å². The van der Waals surface area contributed by atoms with Gasteiger partial charge in [0.1, 0.15) is 13.4 Å². The lowest BCUT2D eigenvalue weighted by Crippen LogP contribution is -2.47. The van der Waals surface area contributed by atoms with E-state index in [9.17, 15) is 14.4 Å². The summed E-state index contributed by atoms with van der Waals surface area (Å²) in [5.41, 5.74) is 2.14. The predicted octanol–water partition coefficient (Wildman–Crippen LogP) is 4.06. The van der Waals surface area contributed by atoms with E-state index in [0.717, 1.165) is 19.3 Å². The van der Waals surface area contributed by atoms with Crippen LogP contribution in [0.1, 0.15) is 47.0 Å². The first-order chi connectivity index (χ1) is 15.6. The third kappa shape index (κ3) is 4.06. The van der Waals surface area contributed by atoms with Gasteiger partial charge >= 0.3 is 5.97 Å². The molecule has 0 radical (unpaired) electrons. The second-order valence-corrected chi connectivity index (χ2v) is 10.8. The summed E-state index contributed by atoms with van der Waals surface area (Å²) in [6.45, 7) is 8.47. The molecule has 0 saturated heterocycles. The Morgan fingerprint density at radius 3 is 2.64 bits per heavy atom. The Morgan fingerprint density at radius 2 is 1.94 bits per heavy atom. The number of fused-ring (bicyclic) bond motifs is 5. The Balaban J connectivity index is 1.68. The van der Waals surface area contributed by atoms with Gasteiger partial charge in [-0.2, -0.15) is 0 Å². The molecule has 0 N–H and O–H groups in total. The molecule has 7 atom stereocenters. The first kappa shape index (κ1) is 24.1. The Bertz CT molecular complexity index is 929. The van der Waals surface area contributed by atoms with Gasteiger partial charge in [-0.25, -0.2) is 0 Å². The molecular formula is C27H36O6. The van der Waals surface area contributed by atoms with E-state index in [1.54, 1.807) is 13.2 Å². The van der Waals surface area contributed by atoms with Crippen molar-refractivity contribution < 1.29 is 28.6 Å². The summed E-state index contributed by atoms with van der Waals surface area (Å²) in [5, 5.41) is 0. The van der Waals surface area contributed by atoms with E-state index in [2.05, 4.69) is 32.9 Å². The second kappa shape index (κ2) is 8.95. The molecule has 0 aromatic heterocycles. The van der Waals surface area contributed by atoms with Crippen LogP contribution in [0, 0.1) is 40.4 Å². The van der Waals surface area contributed by atoms with Crippen LogP contribution in [-0.4, -0.2) is 44.7 Å². The van der Waals surface area contributed by atoms with Gasteiger partial charge in [-0.15, -0.1) is 0 Å². The molecule has 2 fully saturated rings. The average Bonchev–Trinajstić information content (AvgIpc) is 3.06. The zero-order valence-corrected chi connectivity index (χ0v) is 20.4. The Kier molecular flexibility index (Phi) is 6.53. The van der Waals surface area contributed by atoms with E-state index >= 15 is 0 Å². The summed E-state index contributed by atoms with van der Waals surface area (Å²) in [7, 11) is 1.59. The maximum absolute atomic E-state index is 13.4. The molecule has 0 aliphatic heterocycles. The molecule has 0 spiro atoms. The number of rotatable bonds is 7. The van der Waals surface area contributed by atoms with Crippen LogP contribution in [0.2, 0.25) is 0 Å². The SMILES string of the molecule is COCOC[C@H]1C[C@H]2[C@@H]3C[C@H](C)C4=CC(=O)C=C[C@]4(C)C3=CC[C@]2(C)[C@H]1C(=O)COC(C)=O. The molecule has 2 saturated carbocycles.